The number of rotatable bonds is 5. The number of ether oxygens (including phenoxy) is 1. The van der Waals surface area contributed by atoms with E-state index >= 15 is 0 Å². The van der Waals surface area contributed by atoms with Crippen LogP contribution in [0.15, 0.2) is 26.6 Å². The summed E-state index contributed by atoms with van der Waals surface area (Å²) in [4.78, 5) is 32.3. The predicted molar refractivity (Wildman–Crippen MR) is 95.1 cm³/mol. The molecule has 6 atom stereocenters. The molecule has 0 radical (unpaired) electrons. The lowest BCUT2D eigenvalue weighted by Crippen LogP contribution is -2.53. The lowest BCUT2D eigenvalue weighted by Gasteiger charge is -2.32. The summed E-state index contributed by atoms with van der Waals surface area (Å²) in [6.07, 6.45) is -1.75. The molecule has 0 aromatic rings. The average Bonchev–Trinajstić information content (AvgIpc) is 3.10. The zero-order valence-corrected chi connectivity index (χ0v) is 15.5. The van der Waals surface area contributed by atoms with Gasteiger partial charge in [-0.15, -0.1) is 0 Å². The van der Waals surface area contributed by atoms with Gasteiger partial charge in [0.2, 0.25) is 0 Å². The van der Waals surface area contributed by atoms with Crippen LogP contribution in [0.5, 0.6) is 0 Å². The largest absolute Gasteiger partial charge is 0.472 e. The van der Waals surface area contributed by atoms with E-state index in [4.69, 9.17) is 14.5 Å². The Balaban J connectivity index is 1.73. The van der Waals surface area contributed by atoms with E-state index in [1.807, 2.05) is 19.9 Å². The molecule has 3 aliphatic heterocycles. The second-order valence-electron chi connectivity index (χ2n) is 6.47. The summed E-state index contributed by atoms with van der Waals surface area (Å²) < 4.78 is 20.7. The van der Waals surface area contributed by atoms with E-state index in [2.05, 4.69) is 24.8 Å². The van der Waals surface area contributed by atoms with Gasteiger partial charge in [-0.1, -0.05) is 11.6 Å². The fraction of sp³-hybridized carbons (Fsp3) is 0.643. The van der Waals surface area contributed by atoms with E-state index in [0.29, 0.717) is 12.4 Å². The number of phosphoric acid groups is 1. The molecule has 3 rings (SSSR count). The Kier molecular flexibility index (Phi) is 5.77. The molecule has 12 nitrogen and oxygen atoms in total. The van der Waals surface area contributed by atoms with Gasteiger partial charge >= 0.3 is 7.82 Å². The van der Waals surface area contributed by atoms with Crippen LogP contribution < -0.4 is 5.32 Å². The van der Waals surface area contributed by atoms with E-state index in [0.717, 1.165) is 5.57 Å². The third kappa shape index (κ3) is 4.43. The molecule has 27 heavy (non-hydrogen) atoms. The molecule has 3 aliphatic rings. The quantitative estimate of drug-likeness (QED) is 0.272. The smallest absolute Gasteiger partial charge is 0.385 e. The SMILES string of the molecule is CC(C)=CCN=C1NC=NC2C1N=CN2C1OC(OP(=O)(O)O)C(O)C1O. The molecule has 0 aromatic carbocycles. The molecule has 3 heterocycles. The summed E-state index contributed by atoms with van der Waals surface area (Å²) >= 11 is 0. The number of amidine groups is 1. The summed E-state index contributed by atoms with van der Waals surface area (Å²) in [5, 5.41) is 23.1. The number of aliphatic imine (C=N–C) groups is 3. The van der Waals surface area contributed by atoms with Crippen LogP contribution in [0.4, 0.5) is 0 Å². The van der Waals surface area contributed by atoms with Crippen LogP contribution >= 0.6 is 7.82 Å². The molecule has 5 N–H and O–H groups in total. The number of fused-ring (bicyclic) bond motifs is 1. The van der Waals surface area contributed by atoms with Crippen molar-refractivity contribution in [3.63, 3.8) is 0 Å². The van der Waals surface area contributed by atoms with Gasteiger partial charge in [-0.3, -0.25) is 14.5 Å². The number of hydrogen-bond acceptors (Lipinski definition) is 9. The first-order chi connectivity index (χ1) is 12.7. The highest BCUT2D eigenvalue weighted by molar-refractivity contribution is 7.46. The van der Waals surface area contributed by atoms with Gasteiger partial charge in [-0.25, -0.2) is 9.56 Å². The maximum absolute atomic E-state index is 11.0. The lowest BCUT2D eigenvalue weighted by molar-refractivity contribution is -0.143. The highest BCUT2D eigenvalue weighted by Crippen LogP contribution is 2.42. The first kappa shape index (κ1) is 20.1. The Morgan fingerprint density at radius 1 is 1.41 bits per heavy atom. The van der Waals surface area contributed by atoms with Crippen molar-refractivity contribution < 1.29 is 33.8 Å². The average molecular weight is 403 g/mol. The van der Waals surface area contributed by atoms with Crippen molar-refractivity contribution in [2.24, 2.45) is 15.0 Å². The van der Waals surface area contributed by atoms with Crippen molar-refractivity contribution in [3.05, 3.63) is 11.6 Å². The van der Waals surface area contributed by atoms with Crippen LogP contribution in [0.3, 0.4) is 0 Å². The van der Waals surface area contributed by atoms with E-state index in [9.17, 15) is 14.8 Å². The number of nitrogens with one attached hydrogen (secondary N) is 1. The summed E-state index contributed by atoms with van der Waals surface area (Å²) in [7, 11) is -4.91. The Bertz CT molecular complexity index is 731. The van der Waals surface area contributed by atoms with E-state index < -0.39 is 44.8 Å². The fourth-order valence-electron chi connectivity index (χ4n) is 2.87. The van der Waals surface area contributed by atoms with Crippen molar-refractivity contribution >= 4 is 26.3 Å². The first-order valence-corrected chi connectivity index (χ1v) is 9.72. The van der Waals surface area contributed by atoms with Gasteiger partial charge in [0.05, 0.1) is 19.2 Å². The Hall–Kier alpha value is -1.66. The van der Waals surface area contributed by atoms with Crippen LogP contribution in [0.1, 0.15) is 13.8 Å². The van der Waals surface area contributed by atoms with Crippen LogP contribution in [-0.4, -0.2) is 86.9 Å². The number of hydrogen-bond donors (Lipinski definition) is 5. The molecular formula is C14H22N5O7P. The molecule has 0 aromatic heterocycles. The molecule has 0 bridgehead atoms. The van der Waals surface area contributed by atoms with Crippen LogP contribution in [-0.2, 0) is 13.8 Å². The molecule has 6 unspecified atom stereocenters. The molecule has 13 heteroatoms. The van der Waals surface area contributed by atoms with E-state index in [1.165, 1.54) is 17.6 Å². The monoisotopic (exact) mass is 403 g/mol. The van der Waals surface area contributed by atoms with E-state index in [-0.39, 0.29) is 0 Å². The standard InChI is InChI=1S/C14H22N5O7P/c1-7(2)3-4-15-11-8-12(17-5-16-11)19(6-18-8)13-9(20)10(21)14(25-13)26-27(22,23)24/h3,5-6,8-10,12-14,20-21H,4H2,1-2H3,(H,15,16,17)(H2,22,23,24). The van der Waals surface area contributed by atoms with Crippen LogP contribution in [0, 0.1) is 0 Å². The predicted octanol–water partition coefficient (Wildman–Crippen LogP) is -1.47. The summed E-state index contributed by atoms with van der Waals surface area (Å²) in [5.74, 6) is 0.585. The number of aliphatic hydroxyl groups is 2. The fourth-order valence-corrected chi connectivity index (χ4v) is 3.32. The third-order valence-corrected chi connectivity index (χ3v) is 4.64. The first-order valence-electron chi connectivity index (χ1n) is 8.19. The van der Waals surface area contributed by atoms with Gasteiger partial charge in [0, 0.05) is 0 Å². The van der Waals surface area contributed by atoms with Gasteiger partial charge in [0.25, 0.3) is 0 Å². The molecule has 150 valence electrons. The highest BCUT2D eigenvalue weighted by Gasteiger charge is 2.52. The van der Waals surface area contributed by atoms with Gasteiger partial charge in [-0.2, -0.15) is 0 Å². The van der Waals surface area contributed by atoms with Gasteiger partial charge in [0.15, 0.2) is 18.7 Å². The van der Waals surface area contributed by atoms with Crippen molar-refractivity contribution in [3.8, 4) is 0 Å². The molecule has 0 spiro atoms. The molecule has 0 saturated carbocycles. The molecular weight excluding hydrogens is 381 g/mol. The van der Waals surface area contributed by atoms with Crippen molar-refractivity contribution in [2.45, 2.75) is 50.8 Å². The summed E-state index contributed by atoms with van der Waals surface area (Å²) in [6, 6.07) is -0.463. The van der Waals surface area contributed by atoms with E-state index in [1.54, 1.807) is 0 Å². The zero-order chi connectivity index (χ0) is 19.8. The second kappa shape index (κ2) is 7.76. The van der Waals surface area contributed by atoms with Gasteiger partial charge < -0.3 is 35.0 Å². The highest BCUT2D eigenvalue weighted by atomic mass is 31.2. The van der Waals surface area contributed by atoms with Crippen LogP contribution in [0.25, 0.3) is 0 Å². The molecule has 0 aliphatic carbocycles. The number of nitrogens with zero attached hydrogens (tertiary/aromatic N) is 4. The Morgan fingerprint density at radius 2 is 2.15 bits per heavy atom. The number of phosphoric ester groups is 1. The second-order valence-corrected chi connectivity index (χ2v) is 7.66. The topological polar surface area (TPSA) is 169 Å². The minimum absolute atomic E-state index is 0.463. The minimum Gasteiger partial charge on any atom is -0.385 e. The lowest BCUT2D eigenvalue weighted by atomic mass is 10.1. The maximum Gasteiger partial charge on any atom is 0.472 e. The molecule has 1 saturated heterocycles. The zero-order valence-electron chi connectivity index (χ0n) is 14.7. The van der Waals surface area contributed by atoms with Crippen LogP contribution in [0.2, 0.25) is 0 Å². The molecule has 0 amide bonds. The van der Waals surface area contributed by atoms with Crippen molar-refractivity contribution in [1.29, 1.82) is 0 Å². The Labute approximate surface area is 155 Å². The summed E-state index contributed by atoms with van der Waals surface area (Å²) in [5.41, 5.74) is 1.13. The Morgan fingerprint density at radius 3 is 2.81 bits per heavy atom. The molecule has 1 fully saturated rings. The van der Waals surface area contributed by atoms with Crippen molar-refractivity contribution in [2.75, 3.05) is 6.54 Å². The number of allylic oxidation sites excluding steroid dienone is 1. The number of aliphatic hydroxyl groups excluding tert-OH is 2. The van der Waals surface area contributed by atoms with Gasteiger partial charge in [-0.05, 0) is 13.8 Å². The minimum atomic E-state index is -4.91. The maximum atomic E-state index is 11.0. The normalized spacial score (nSPS) is 36.8. The third-order valence-electron chi connectivity index (χ3n) is 4.16. The van der Waals surface area contributed by atoms with Gasteiger partial charge in [0.1, 0.15) is 24.1 Å². The van der Waals surface area contributed by atoms with Crippen molar-refractivity contribution in [1.82, 2.24) is 10.2 Å². The summed E-state index contributed by atoms with van der Waals surface area (Å²) in [6.45, 7) is 4.40.